The van der Waals surface area contributed by atoms with Crippen LogP contribution in [0.1, 0.15) is 78.9 Å². The lowest BCUT2D eigenvalue weighted by atomic mass is 10.0. The van der Waals surface area contributed by atoms with E-state index in [1.54, 1.807) is 28.8 Å². The van der Waals surface area contributed by atoms with Crippen LogP contribution in [-0.4, -0.2) is 54.1 Å². The number of carbonyl (C=O) groups is 2. The Bertz CT molecular complexity index is 1590. The Labute approximate surface area is 225 Å². The van der Waals surface area contributed by atoms with Crippen LogP contribution in [0, 0.1) is 5.82 Å². The third kappa shape index (κ3) is 4.66. The summed E-state index contributed by atoms with van der Waals surface area (Å²) in [4.78, 5) is 35.5. The number of carbonyl (C=O) groups excluding carboxylic acids is 1. The van der Waals surface area contributed by atoms with Gasteiger partial charge in [0.05, 0.1) is 22.6 Å². The predicted octanol–water partition coefficient (Wildman–Crippen LogP) is 5.75. The second-order valence-corrected chi connectivity index (χ2v) is 11.0. The number of pyridine rings is 1. The maximum absolute atomic E-state index is 15.4. The van der Waals surface area contributed by atoms with Gasteiger partial charge in [-0.05, 0) is 62.9 Å². The average Bonchev–Trinajstić information content (AvgIpc) is 3.60. The molecule has 1 saturated carbocycles. The van der Waals surface area contributed by atoms with Crippen LogP contribution in [0.4, 0.5) is 4.39 Å². The first kappa shape index (κ1) is 25.2. The van der Waals surface area contributed by atoms with Gasteiger partial charge < -0.3 is 10.0 Å². The maximum atomic E-state index is 15.4. The van der Waals surface area contributed by atoms with E-state index in [1.165, 1.54) is 18.3 Å². The molecule has 0 unspecified atom stereocenters. The molecule has 6 rings (SSSR count). The topological polar surface area (TPSA) is 101 Å². The molecule has 8 nitrogen and oxygen atoms in total. The number of fused-ring (bicyclic) bond motifs is 1. The Balaban J connectivity index is 1.37. The van der Waals surface area contributed by atoms with Crippen LogP contribution in [0.2, 0.25) is 0 Å². The summed E-state index contributed by atoms with van der Waals surface area (Å²) >= 11 is 0. The highest BCUT2D eigenvalue weighted by Gasteiger charge is 2.42. The van der Waals surface area contributed by atoms with E-state index in [-0.39, 0.29) is 22.9 Å². The molecule has 0 radical (unpaired) electrons. The summed E-state index contributed by atoms with van der Waals surface area (Å²) in [5, 5.41) is 13.8. The van der Waals surface area contributed by atoms with E-state index in [0.717, 1.165) is 50.8 Å². The van der Waals surface area contributed by atoms with Crippen LogP contribution in [-0.2, 0) is 5.41 Å². The third-order valence-electron chi connectivity index (χ3n) is 8.13. The van der Waals surface area contributed by atoms with E-state index in [1.807, 2.05) is 11.0 Å². The molecule has 3 aromatic heterocycles. The quantitative estimate of drug-likeness (QED) is 0.355. The Morgan fingerprint density at radius 3 is 2.56 bits per heavy atom. The fourth-order valence-electron chi connectivity index (χ4n) is 5.39. The van der Waals surface area contributed by atoms with Gasteiger partial charge in [0.25, 0.3) is 5.91 Å². The number of aromatic nitrogens is 4. The Hall–Kier alpha value is -4.14. The Kier molecular flexibility index (Phi) is 6.16. The van der Waals surface area contributed by atoms with Gasteiger partial charge >= 0.3 is 5.97 Å². The highest BCUT2D eigenvalue weighted by Crippen LogP contribution is 2.47. The van der Waals surface area contributed by atoms with E-state index in [2.05, 4.69) is 18.8 Å². The van der Waals surface area contributed by atoms with Gasteiger partial charge in [-0.15, -0.1) is 0 Å². The van der Waals surface area contributed by atoms with Gasteiger partial charge in [-0.25, -0.2) is 18.7 Å². The summed E-state index contributed by atoms with van der Waals surface area (Å²) in [5.74, 6) is -1.60. The van der Waals surface area contributed by atoms with Gasteiger partial charge in [-0.3, -0.25) is 9.78 Å². The normalized spacial score (nSPS) is 18.6. The van der Waals surface area contributed by atoms with Crippen LogP contribution >= 0.6 is 0 Å². The lowest BCUT2D eigenvalue weighted by Gasteiger charge is -2.27. The van der Waals surface area contributed by atoms with Gasteiger partial charge in [0.1, 0.15) is 11.5 Å². The fraction of sp³-hybridized carbons (Fsp3) is 0.367. The van der Waals surface area contributed by atoms with Crippen molar-refractivity contribution in [3.8, 4) is 22.5 Å². The zero-order chi connectivity index (χ0) is 27.3. The second kappa shape index (κ2) is 9.55. The van der Waals surface area contributed by atoms with Crippen LogP contribution < -0.4 is 0 Å². The van der Waals surface area contributed by atoms with Crippen LogP contribution in [0.3, 0.4) is 0 Å². The first-order valence-electron chi connectivity index (χ1n) is 13.5. The molecule has 1 aromatic carbocycles. The third-order valence-corrected chi connectivity index (χ3v) is 8.13. The summed E-state index contributed by atoms with van der Waals surface area (Å²) in [6.45, 7) is 4.99. The minimum atomic E-state index is -1.07. The van der Waals surface area contributed by atoms with Crippen molar-refractivity contribution in [2.45, 2.75) is 63.8 Å². The van der Waals surface area contributed by atoms with Crippen molar-refractivity contribution in [2.75, 3.05) is 6.54 Å². The van der Waals surface area contributed by atoms with E-state index in [0.29, 0.717) is 33.9 Å². The number of amides is 1. The summed E-state index contributed by atoms with van der Waals surface area (Å²) in [7, 11) is 0. The van der Waals surface area contributed by atoms with Gasteiger partial charge in [0.15, 0.2) is 5.65 Å². The van der Waals surface area contributed by atoms with Crippen LogP contribution in [0.15, 0.2) is 48.7 Å². The molecule has 0 bridgehead atoms. The van der Waals surface area contributed by atoms with Crippen molar-refractivity contribution < 1.29 is 19.1 Å². The molecule has 1 aliphatic heterocycles. The highest BCUT2D eigenvalue weighted by molar-refractivity contribution is 5.93. The summed E-state index contributed by atoms with van der Waals surface area (Å²) in [5.41, 5.74) is 3.57. The fourth-order valence-corrected chi connectivity index (χ4v) is 5.39. The van der Waals surface area contributed by atoms with Gasteiger partial charge in [-0.2, -0.15) is 5.10 Å². The molecule has 1 amide bonds. The number of carboxylic acids is 1. The van der Waals surface area contributed by atoms with Crippen molar-refractivity contribution >= 4 is 17.5 Å². The van der Waals surface area contributed by atoms with E-state index in [4.69, 9.17) is 15.2 Å². The molecule has 1 aliphatic carbocycles. The predicted molar refractivity (Wildman–Crippen MR) is 144 cm³/mol. The molecule has 1 saturated heterocycles. The first-order valence-corrected chi connectivity index (χ1v) is 13.5. The standard InChI is InChI=1S/C30H30FN5O3/c1-18-6-4-3-5-13-35(18)28(37)25-15-26(30(2)11-12-30)36-27(33-25)16-24(34-36)21-9-7-19(14-22(21)31)23-10-8-20(17-32-23)29(38)39/h7-10,14-18H,3-6,11-13H2,1-2H3,(H,38,39)/t18-/m1/s1. The number of hydrogen-bond donors (Lipinski definition) is 1. The smallest absolute Gasteiger partial charge is 0.337 e. The van der Waals surface area contributed by atoms with Crippen LogP contribution in [0.25, 0.3) is 28.2 Å². The zero-order valence-corrected chi connectivity index (χ0v) is 22.0. The number of halogens is 1. The van der Waals surface area contributed by atoms with Crippen molar-refractivity contribution in [1.82, 2.24) is 24.5 Å². The second-order valence-electron chi connectivity index (χ2n) is 11.0. The minimum absolute atomic E-state index is 0.0582. The lowest BCUT2D eigenvalue weighted by molar-refractivity contribution is 0.0684. The van der Waals surface area contributed by atoms with Gasteiger partial charge in [0, 0.05) is 41.4 Å². The number of aromatic carboxylic acids is 1. The molecule has 2 aliphatic rings. The van der Waals surface area contributed by atoms with Crippen LogP contribution in [0.5, 0.6) is 0 Å². The lowest BCUT2D eigenvalue weighted by Crippen LogP contribution is -2.39. The molecule has 4 aromatic rings. The molecule has 2 fully saturated rings. The number of likely N-dealkylation sites (tertiary alicyclic amines) is 1. The molecular weight excluding hydrogens is 497 g/mol. The highest BCUT2D eigenvalue weighted by atomic mass is 19.1. The largest absolute Gasteiger partial charge is 0.478 e. The average molecular weight is 528 g/mol. The molecule has 1 atom stereocenters. The summed E-state index contributed by atoms with van der Waals surface area (Å²) < 4.78 is 17.1. The van der Waals surface area contributed by atoms with Gasteiger partial charge in [0.2, 0.25) is 0 Å². The number of hydrogen-bond acceptors (Lipinski definition) is 5. The first-order chi connectivity index (χ1) is 18.7. The minimum Gasteiger partial charge on any atom is -0.478 e. The molecule has 9 heteroatoms. The SMILES string of the molecule is C[C@@H]1CCCCCN1C(=O)c1cc(C2(C)CC2)n2nc(-c3ccc(-c4ccc(C(=O)O)cn4)cc3F)cc2n1. The number of nitrogens with zero attached hydrogens (tertiary/aromatic N) is 5. The van der Waals surface area contributed by atoms with Crippen molar-refractivity contribution in [1.29, 1.82) is 0 Å². The molecule has 0 spiro atoms. The molecule has 1 N–H and O–H groups in total. The monoisotopic (exact) mass is 527 g/mol. The Morgan fingerprint density at radius 2 is 1.87 bits per heavy atom. The summed E-state index contributed by atoms with van der Waals surface area (Å²) in [6, 6.07) is 11.5. The van der Waals surface area contributed by atoms with E-state index in [9.17, 15) is 9.59 Å². The number of rotatable bonds is 5. The van der Waals surface area contributed by atoms with Gasteiger partial charge in [-0.1, -0.05) is 25.8 Å². The van der Waals surface area contributed by atoms with E-state index >= 15 is 4.39 Å². The Morgan fingerprint density at radius 1 is 1.05 bits per heavy atom. The molecule has 200 valence electrons. The number of benzene rings is 1. The molecule has 4 heterocycles. The van der Waals surface area contributed by atoms with Crippen molar-refractivity contribution in [3.63, 3.8) is 0 Å². The summed E-state index contributed by atoms with van der Waals surface area (Å²) in [6.07, 6.45) is 7.48. The van der Waals surface area contributed by atoms with E-state index < -0.39 is 11.8 Å². The molecular formula is C30H30FN5O3. The van der Waals surface area contributed by atoms with Crippen molar-refractivity contribution in [2.24, 2.45) is 0 Å². The maximum Gasteiger partial charge on any atom is 0.337 e. The van der Waals surface area contributed by atoms with Crippen molar-refractivity contribution in [3.05, 3.63) is 71.4 Å². The number of carboxylic acid groups (broad SMARTS) is 1. The zero-order valence-electron chi connectivity index (χ0n) is 22.0. The molecule has 39 heavy (non-hydrogen) atoms.